The molecule has 0 amide bonds. The summed E-state index contributed by atoms with van der Waals surface area (Å²) in [6, 6.07) is 9.29. The van der Waals surface area contributed by atoms with Gasteiger partial charge >= 0.3 is 0 Å². The minimum Gasteiger partial charge on any atom is -0.388 e. The van der Waals surface area contributed by atoms with Crippen LogP contribution in [0.4, 0.5) is 0 Å². The van der Waals surface area contributed by atoms with Gasteiger partial charge in [0.25, 0.3) is 0 Å². The number of halogens is 1. The third-order valence-electron chi connectivity index (χ3n) is 3.29. The molecule has 2 atom stereocenters. The molecule has 0 aliphatic rings. The molecule has 3 nitrogen and oxygen atoms in total. The highest BCUT2D eigenvalue weighted by Crippen LogP contribution is 2.31. The monoisotopic (exact) mass is 276 g/mol. The van der Waals surface area contributed by atoms with Crippen LogP contribution in [0.15, 0.2) is 42.7 Å². The summed E-state index contributed by atoms with van der Waals surface area (Å²) >= 11 is 6.00. The van der Waals surface area contributed by atoms with Crippen molar-refractivity contribution in [1.29, 1.82) is 0 Å². The number of hydrogen-bond acceptors (Lipinski definition) is 3. The summed E-state index contributed by atoms with van der Waals surface area (Å²) in [6.45, 7) is 2.29. The number of pyridine rings is 1. The molecule has 4 heteroatoms. The number of nitrogens with zero attached hydrogens (tertiary/aromatic N) is 1. The zero-order valence-corrected chi connectivity index (χ0v) is 11.5. The van der Waals surface area contributed by atoms with E-state index in [1.54, 1.807) is 18.5 Å². The molecule has 3 N–H and O–H groups in total. The first kappa shape index (κ1) is 14.0. The van der Waals surface area contributed by atoms with Gasteiger partial charge in [-0.15, -0.1) is 0 Å². The second-order valence-corrected chi connectivity index (χ2v) is 4.98. The molecule has 0 fully saturated rings. The number of rotatable bonds is 4. The van der Waals surface area contributed by atoms with Crippen LogP contribution < -0.4 is 5.73 Å². The first-order valence-electron chi connectivity index (χ1n) is 6.17. The fraction of sp³-hybridized carbons (Fsp3) is 0.267. The van der Waals surface area contributed by atoms with E-state index in [0.29, 0.717) is 11.6 Å². The molecule has 1 aromatic carbocycles. The zero-order chi connectivity index (χ0) is 13.8. The number of nitrogens with two attached hydrogens (primary N) is 1. The SMILES string of the molecule is Cc1cc(C(O)C(CN)c2ccncc2)ccc1Cl. The van der Waals surface area contributed by atoms with Gasteiger partial charge in [-0.3, -0.25) is 4.98 Å². The average molecular weight is 277 g/mol. The van der Waals surface area contributed by atoms with Gasteiger partial charge in [-0.1, -0.05) is 23.7 Å². The summed E-state index contributed by atoms with van der Waals surface area (Å²) < 4.78 is 0. The maximum Gasteiger partial charge on any atom is 0.0870 e. The molecule has 2 unspecified atom stereocenters. The number of aromatic nitrogens is 1. The summed E-state index contributed by atoms with van der Waals surface area (Å²) in [4.78, 5) is 3.98. The van der Waals surface area contributed by atoms with Gasteiger partial charge in [0.05, 0.1) is 6.10 Å². The third-order valence-corrected chi connectivity index (χ3v) is 3.72. The Kier molecular flexibility index (Phi) is 4.53. The van der Waals surface area contributed by atoms with Crippen molar-refractivity contribution in [3.63, 3.8) is 0 Å². The van der Waals surface area contributed by atoms with Crippen LogP contribution >= 0.6 is 11.6 Å². The Bertz CT molecular complexity index is 545. The van der Waals surface area contributed by atoms with E-state index in [9.17, 15) is 5.11 Å². The van der Waals surface area contributed by atoms with Crippen LogP contribution in [0.25, 0.3) is 0 Å². The molecular weight excluding hydrogens is 260 g/mol. The van der Waals surface area contributed by atoms with Crippen LogP contribution in [0, 0.1) is 6.92 Å². The van der Waals surface area contributed by atoms with Crippen LogP contribution in [-0.2, 0) is 0 Å². The fourth-order valence-electron chi connectivity index (χ4n) is 2.14. The maximum absolute atomic E-state index is 10.5. The highest BCUT2D eigenvalue weighted by Gasteiger charge is 2.21. The minimum absolute atomic E-state index is 0.149. The van der Waals surface area contributed by atoms with Crippen LogP contribution in [0.2, 0.25) is 5.02 Å². The van der Waals surface area contributed by atoms with Crippen molar-refractivity contribution >= 4 is 11.6 Å². The summed E-state index contributed by atoms with van der Waals surface area (Å²) in [5, 5.41) is 11.2. The topological polar surface area (TPSA) is 59.1 Å². The van der Waals surface area contributed by atoms with Gasteiger partial charge < -0.3 is 10.8 Å². The van der Waals surface area contributed by atoms with Crippen molar-refractivity contribution in [1.82, 2.24) is 4.98 Å². The molecule has 100 valence electrons. The Morgan fingerprint density at radius 1 is 1.21 bits per heavy atom. The predicted octanol–water partition coefficient (Wildman–Crippen LogP) is 2.82. The Balaban J connectivity index is 2.30. The lowest BCUT2D eigenvalue weighted by Gasteiger charge is -2.22. The minimum atomic E-state index is -0.650. The van der Waals surface area contributed by atoms with E-state index in [0.717, 1.165) is 16.7 Å². The van der Waals surface area contributed by atoms with Crippen molar-refractivity contribution in [3.8, 4) is 0 Å². The lowest BCUT2D eigenvalue weighted by Crippen LogP contribution is -2.20. The summed E-state index contributed by atoms with van der Waals surface area (Å²) in [5.41, 5.74) is 8.56. The van der Waals surface area contributed by atoms with E-state index in [1.165, 1.54) is 0 Å². The smallest absolute Gasteiger partial charge is 0.0870 e. The van der Waals surface area contributed by atoms with E-state index in [-0.39, 0.29) is 5.92 Å². The van der Waals surface area contributed by atoms with E-state index in [2.05, 4.69) is 4.98 Å². The molecule has 0 aliphatic heterocycles. The summed E-state index contributed by atoms with van der Waals surface area (Å²) in [7, 11) is 0. The summed E-state index contributed by atoms with van der Waals surface area (Å²) in [5.74, 6) is -0.149. The molecule has 0 spiro atoms. The van der Waals surface area contributed by atoms with Crippen molar-refractivity contribution in [2.24, 2.45) is 5.73 Å². The molecule has 1 aromatic heterocycles. The van der Waals surface area contributed by atoms with Crippen LogP contribution in [0.3, 0.4) is 0 Å². The standard InChI is InChI=1S/C15H17ClN2O/c1-10-8-12(2-3-14(10)16)15(19)13(9-17)11-4-6-18-7-5-11/h2-8,13,15,19H,9,17H2,1H3. The second kappa shape index (κ2) is 6.15. The van der Waals surface area contributed by atoms with Gasteiger partial charge in [0.1, 0.15) is 0 Å². The van der Waals surface area contributed by atoms with Crippen molar-refractivity contribution < 1.29 is 5.11 Å². The predicted molar refractivity (Wildman–Crippen MR) is 77.2 cm³/mol. The molecule has 19 heavy (non-hydrogen) atoms. The second-order valence-electron chi connectivity index (χ2n) is 4.58. The first-order valence-corrected chi connectivity index (χ1v) is 6.55. The van der Waals surface area contributed by atoms with E-state index in [1.807, 2.05) is 31.2 Å². The number of hydrogen-bond donors (Lipinski definition) is 2. The molecule has 1 heterocycles. The lowest BCUT2D eigenvalue weighted by atomic mass is 9.89. The van der Waals surface area contributed by atoms with Crippen LogP contribution in [-0.4, -0.2) is 16.6 Å². The van der Waals surface area contributed by atoms with E-state index < -0.39 is 6.10 Å². The van der Waals surface area contributed by atoms with Gasteiger partial charge in [0.15, 0.2) is 0 Å². The number of aliphatic hydroxyl groups is 1. The molecule has 0 saturated carbocycles. The van der Waals surface area contributed by atoms with Crippen LogP contribution in [0.1, 0.15) is 28.7 Å². The highest BCUT2D eigenvalue weighted by molar-refractivity contribution is 6.31. The third kappa shape index (κ3) is 3.13. The quantitative estimate of drug-likeness (QED) is 0.903. The zero-order valence-electron chi connectivity index (χ0n) is 10.8. The number of aliphatic hydroxyl groups excluding tert-OH is 1. The van der Waals surface area contributed by atoms with Crippen molar-refractivity contribution in [2.45, 2.75) is 18.9 Å². The average Bonchev–Trinajstić information content (AvgIpc) is 2.44. The van der Waals surface area contributed by atoms with Gasteiger partial charge in [-0.2, -0.15) is 0 Å². The van der Waals surface area contributed by atoms with Crippen LogP contribution in [0.5, 0.6) is 0 Å². The molecule has 0 bridgehead atoms. The molecule has 0 aliphatic carbocycles. The lowest BCUT2D eigenvalue weighted by molar-refractivity contribution is 0.147. The molecule has 2 rings (SSSR count). The van der Waals surface area contributed by atoms with Crippen molar-refractivity contribution in [2.75, 3.05) is 6.54 Å². The Labute approximate surface area is 118 Å². The van der Waals surface area contributed by atoms with E-state index >= 15 is 0 Å². The van der Waals surface area contributed by atoms with Gasteiger partial charge in [-0.05, 0) is 41.8 Å². The van der Waals surface area contributed by atoms with Gasteiger partial charge in [-0.25, -0.2) is 0 Å². The normalized spacial score (nSPS) is 14.1. The first-order chi connectivity index (χ1) is 9.13. The molecule has 0 saturated heterocycles. The number of benzene rings is 1. The van der Waals surface area contributed by atoms with Crippen molar-refractivity contribution in [3.05, 3.63) is 64.4 Å². The van der Waals surface area contributed by atoms with Gasteiger partial charge in [0.2, 0.25) is 0 Å². The Morgan fingerprint density at radius 3 is 2.47 bits per heavy atom. The molecular formula is C15H17ClN2O. The maximum atomic E-state index is 10.5. The Morgan fingerprint density at radius 2 is 1.89 bits per heavy atom. The number of aryl methyl sites for hydroxylation is 1. The summed E-state index contributed by atoms with van der Waals surface area (Å²) in [6.07, 6.45) is 2.76. The largest absolute Gasteiger partial charge is 0.388 e. The van der Waals surface area contributed by atoms with Gasteiger partial charge in [0, 0.05) is 29.9 Å². The molecule has 2 aromatic rings. The Hall–Kier alpha value is -1.42. The molecule has 0 radical (unpaired) electrons. The highest BCUT2D eigenvalue weighted by atomic mass is 35.5. The fourth-order valence-corrected chi connectivity index (χ4v) is 2.26. The van der Waals surface area contributed by atoms with E-state index in [4.69, 9.17) is 17.3 Å².